The van der Waals surface area contributed by atoms with E-state index in [0.29, 0.717) is 4.47 Å². The van der Waals surface area contributed by atoms with E-state index in [9.17, 15) is 13.7 Å². The molecule has 0 spiro atoms. The first-order valence-electron chi connectivity index (χ1n) is 7.29. The van der Waals surface area contributed by atoms with E-state index in [2.05, 4.69) is 20.7 Å². The largest absolute Gasteiger partial charge is 0.384 e. The van der Waals surface area contributed by atoms with Gasteiger partial charge < -0.3 is 5.11 Å². The van der Waals surface area contributed by atoms with E-state index in [-0.39, 0.29) is 5.56 Å². The Bertz CT molecular complexity index is 641. The minimum atomic E-state index is -3.83. The van der Waals surface area contributed by atoms with Gasteiger partial charge in [-0.05, 0) is 59.7 Å². The lowest BCUT2D eigenvalue weighted by molar-refractivity contribution is -0.206. The van der Waals surface area contributed by atoms with Gasteiger partial charge in [0.05, 0.1) is 15.7 Å². The van der Waals surface area contributed by atoms with Crippen molar-refractivity contribution in [2.24, 2.45) is 0 Å². The highest BCUT2D eigenvalue weighted by atomic mass is 79.9. The smallest absolute Gasteiger partial charge is 0.298 e. The van der Waals surface area contributed by atoms with Crippen LogP contribution in [0.15, 0.2) is 22.7 Å². The molecule has 0 saturated carbocycles. The summed E-state index contributed by atoms with van der Waals surface area (Å²) in [6.07, 6.45) is 0. The van der Waals surface area contributed by atoms with Crippen LogP contribution in [0.1, 0.15) is 47.1 Å². The molecule has 0 amide bonds. The van der Waals surface area contributed by atoms with Crippen molar-refractivity contribution in [1.82, 2.24) is 4.72 Å². The van der Waals surface area contributed by atoms with Crippen molar-refractivity contribution >= 4 is 26.9 Å². The van der Waals surface area contributed by atoms with Crippen LogP contribution in [0.25, 0.3) is 0 Å². The van der Waals surface area contributed by atoms with Crippen LogP contribution < -0.4 is 4.72 Å². The molecule has 0 aliphatic rings. The van der Waals surface area contributed by atoms with Crippen molar-refractivity contribution in [3.05, 3.63) is 34.1 Å². The lowest BCUT2D eigenvalue weighted by Crippen LogP contribution is -2.64. The summed E-state index contributed by atoms with van der Waals surface area (Å²) in [6.45, 7) is 7.73. The summed E-state index contributed by atoms with van der Waals surface area (Å²) in [5.41, 5.74) is -5.27. The maximum atomic E-state index is 15.1. The molecule has 0 aromatic heterocycles. The molecular formula is C16H23BrF3NO2S. The van der Waals surface area contributed by atoms with Crippen LogP contribution in [0.5, 0.6) is 0 Å². The second-order valence-electron chi connectivity index (χ2n) is 7.37. The van der Waals surface area contributed by atoms with Crippen LogP contribution in [0.4, 0.5) is 13.2 Å². The molecule has 0 aliphatic carbocycles. The van der Waals surface area contributed by atoms with Gasteiger partial charge >= 0.3 is 0 Å². The topological polar surface area (TPSA) is 49.3 Å². The van der Waals surface area contributed by atoms with Gasteiger partial charge in [0.15, 0.2) is 0 Å². The molecule has 24 heavy (non-hydrogen) atoms. The minimum Gasteiger partial charge on any atom is -0.384 e. The van der Waals surface area contributed by atoms with Crippen LogP contribution >= 0.6 is 15.9 Å². The molecule has 2 N–H and O–H groups in total. The average Bonchev–Trinajstić information content (AvgIpc) is 2.38. The van der Waals surface area contributed by atoms with Crippen molar-refractivity contribution in [3.8, 4) is 0 Å². The highest BCUT2D eigenvalue weighted by molar-refractivity contribution is 9.10. The molecule has 1 rings (SSSR count). The molecule has 1 aromatic carbocycles. The van der Waals surface area contributed by atoms with Gasteiger partial charge in [0, 0.05) is 10.0 Å². The Labute approximate surface area is 151 Å². The van der Waals surface area contributed by atoms with Crippen LogP contribution in [0.2, 0.25) is 0 Å². The summed E-state index contributed by atoms with van der Waals surface area (Å²) in [5, 5.41) is 10.00. The summed E-state index contributed by atoms with van der Waals surface area (Å²) < 4.78 is 58.9. The van der Waals surface area contributed by atoms with Crippen molar-refractivity contribution < 1.29 is 22.5 Å². The molecule has 0 fully saturated rings. The number of nitrogens with one attached hydrogen (secondary N) is 1. The predicted molar refractivity (Wildman–Crippen MR) is 93.7 cm³/mol. The molecule has 2 atom stereocenters. The van der Waals surface area contributed by atoms with E-state index in [1.807, 2.05) is 0 Å². The third kappa shape index (κ3) is 4.03. The molecule has 0 heterocycles. The van der Waals surface area contributed by atoms with Crippen molar-refractivity contribution in [3.63, 3.8) is 0 Å². The fourth-order valence-electron chi connectivity index (χ4n) is 2.12. The standard InChI is InChI=1S/C16H23BrF3NO2S/c1-13(2,3)24(23)21-15(6,16(19,20)14(4,5)22)11-9-10(17)7-8-12(11)18/h7-9,21-22H,1-6H3/t15-,24+/m1/s1. The number of rotatable bonds is 5. The Balaban J connectivity index is 3.64. The van der Waals surface area contributed by atoms with Crippen molar-refractivity contribution in [2.45, 2.75) is 63.4 Å². The lowest BCUT2D eigenvalue weighted by Gasteiger charge is -2.45. The second kappa shape index (κ2) is 6.70. The van der Waals surface area contributed by atoms with Gasteiger partial charge in [0.25, 0.3) is 5.92 Å². The predicted octanol–water partition coefficient (Wildman–Crippen LogP) is 4.26. The van der Waals surface area contributed by atoms with E-state index in [1.54, 1.807) is 20.8 Å². The molecule has 8 heteroatoms. The zero-order chi connectivity index (χ0) is 19.1. The Hall–Kier alpha value is -0.440. The quantitative estimate of drug-likeness (QED) is 0.734. The maximum absolute atomic E-state index is 15.1. The molecule has 0 radical (unpaired) electrons. The van der Waals surface area contributed by atoms with Crippen LogP contribution in [-0.4, -0.2) is 25.6 Å². The summed E-state index contributed by atoms with van der Waals surface area (Å²) in [7, 11) is -1.93. The van der Waals surface area contributed by atoms with Gasteiger partial charge in [-0.1, -0.05) is 15.9 Å². The first-order valence-corrected chi connectivity index (χ1v) is 9.24. The van der Waals surface area contributed by atoms with E-state index >= 15 is 8.78 Å². The first kappa shape index (κ1) is 21.6. The van der Waals surface area contributed by atoms with Crippen LogP contribution in [0.3, 0.4) is 0 Å². The van der Waals surface area contributed by atoms with Gasteiger partial charge in [-0.15, -0.1) is 0 Å². The summed E-state index contributed by atoms with van der Waals surface area (Å²) in [6, 6.07) is 3.61. The number of hydrogen-bond acceptors (Lipinski definition) is 2. The van der Waals surface area contributed by atoms with Crippen molar-refractivity contribution in [2.75, 3.05) is 0 Å². The Kier molecular flexibility index (Phi) is 6.03. The highest BCUT2D eigenvalue weighted by Crippen LogP contribution is 2.46. The van der Waals surface area contributed by atoms with Crippen LogP contribution in [-0.2, 0) is 16.5 Å². The number of alkyl halides is 2. The molecule has 138 valence electrons. The maximum Gasteiger partial charge on any atom is 0.298 e. The zero-order valence-corrected chi connectivity index (χ0v) is 16.9. The normalized spacial score (nSPS) is 17.5. The van der Waals surface area contributed by atoms with E-state index in [0.717, 1.165) is 26.8 Å². The monoisotopic (exact) mass is 429 g/mol. The number of benzene rings is 1. The SMILES string of the molecule is CC(C)(C)[S@](=O)N[C@](C)(c1cc(Br)ccc1F)C(F)(F)C(C)(C)O. The van der Waals surface area contributed by atoms with Gasteiger partial charge in [-0.25, -0.2) is 22.1 Å². The molecule has 0 saturated heterocycles. The fourth-order valence-corrected chi connectivity index (χ4v) is 3.40. The Morgan fingerprint density at radius 2 is 1.62 bits per heavy atom. The Morgan fingerprint density at radius 1 is 1.12 bits per heavy atom. The lowest BCUT2D eigenvalue weighted by atomic mass is 9.78. The average molecular weight is 430 g/mol. The van der Waals surface area contributed by atoms with E-state index < -0.39 is 38.6 Å². The number of halogens is 4. The molecule has 0 bridgehead atoms. The van der Waals surface area contributed by atoms with E-state index in [4.69, 9.17) is 0 Å². The van der Waals surface area contributed by atoms with Crippen molar-refractivity contribution in [1.29, 1.82) is 0 Å². The second-order valence-corrected chi connectivity index (χ2v) is 10.2. The van der Waals surface area contributed by atoms with Gasteiger partial charge in [-0.2, -0.15) is 0 Å². The summed E-state index contributed by atoms with van der Waals surface area (Å²) in [5.74, 6) is -4.72. The third-order valence-corrected chi connectivity index (χ3v) is 5.92. The Morgan fingerprint density at radius 3 is 2.04 bits per heavy atom. The zero-order valence-electron chi connectivity index (χ0n) is 14.5. The molecule has 1 aromatic rings. The summed E-state index contributed by atoms with van der Waals surface area (Å²) >= 11 is 3.13. The molecule has 3 nitrogen and oxygen atoms in total. The number of hydrogen-bond donors (Lipinski definition) is 2. The molecule has 0 aliphatic heterocycles. The van der Waals surface area contributed by atoms with Gasteiger partial charge in [-0.3, -0.25) is 0 Å². The first-order chi connectivity index (χ1) is 10.5. The van der Waals surface area contributed by atoms with E-state index in [1.165, 1.54) is 12.1 Å². The third-order valence-electron chi connectivity index (χ3n) is 3.72. The minimum absolute atomic E-state index is 0.387. The molecule has 0 unspecified atom stereocenters. The van der Waals surface area contributed by atoms with Crippen LogP contribution in [0, 0.1) is 5.82 Å². The van der Waals surface area contributed by atoms with Gasteiger partial charge in [0.1, 0.15) is 17.0 Å². The fraction of sp³-hybridized carbons (Fsp3) is 0.625. The van der Waals surface area contributed by atoms with Gasteiger partial charge in [0.2, 0.25) is 0 Å². The molecular weight excluding hydrogens is 407 g/mol. The summed E-state index contributed by atoms with van der Waals surface area (Å²) in [4.78, 5) is 0. The highest BCUT2D eigenvalue weighted by Gasteiger charge is 2.62. The number of aliphatic hydroxyl groups is 1.